The van der Waals surface area contributed by atoms with Gasteiger partial charge >= 0.3 is 11.9 Å². The van der Waals surface area contributed by atoms with Crippen LogP contribution in [0.3, 0.4) is 0 Å². The highest BCUT2D eigenvalue weighted by atomic mass is 16.5. The summed E-state index contributed by atoms with van der Waals surface area (Å²) in [6.07, 6.45) is 6.49. The Labute approximate surface area is 187 Å². The molecule has 7 atom stereocenters. The lowest BCUT2D eigenvalue weighted by molar-refractivity contribution is -0.189. The van der Waals surface area contributed by atoms with Gasteiger partial charge in [-0.15, -0.1) is 0 Å². The number of rotatable bonds is 5. The average Bonchev–Trinajstić information content (AvgIpc) is 2.70. The van der Waals surface area contributed by atoms with E-state index in [2.05, 4.69) is 13.8 Å². The lowest BCUT2D eigenvalue weighted by Gasteiger charge is -2.62. The zero-order valence-corrected chi connectivity index (χ0v) is 20.1. The molecule has 0 aromatic rings. The van der Waals surface area contributed by atoms with Gasteiger partial charge in [0.05, 0.1) is 18.6 Å². The highest BCUT2D eigenvalue weighted by Gasteiger charge is 2.62. The maximum Gasteiger partial charge on any atom is 0.330 e. The summed E-state index contributed by atoms with van der Waals surface area (Å²) in [6, 6.07) is 0. The maximum atomic E-state index is 12.8. The Hall–Kier alpha value is -1.40. The van der Waals surface area contributed by atoms with Gasteiger partial charge in [0.2, 0.25) is 0 Å². The highest BCUT2D eigenvalue weighted by Crippen LogP contribution is 2.65. The third kappa shape index (κ3) is 4.43. The van der Waals surface area contributed by atoms with Crippen LogP contribution in [0.15, 0.2) is 11.6 Å². The summed E-state index contributed by atoms with van der Waals surface area (Å²) in [4.78, 5) is 27.1. The number of nitrogens with zero attached hydrogens (tertiary/aromatic N) is 1. The Morgan fingerprint density at radius 2 is 1.97 bits per heavy atom. The molecule has 0 heterocycles. The summed E-state index contributed by atoms with van der Waals surface area (Å²) in [6.45, 7) is 7.59. The normalized spacial score (nSPS) is 41.4. The van der Waals surface area contributed by atoms with Gasteiger partial charge in [-0.25, -0.2) is 4.79 Å². The Kier molecular flexibility index (Phi) is 7.21. The van der Waals surface area contributed by atoms with Crippen molar-refractivity contribution in [3.05, 3.63) is 11.6 Å². The van der Waals surface area contributed by atoms with E-state index in [-0.39, 0.29) is 35.1 Å². The molecule has 0 spiro atoms. The fourth-order valence-corrected chi connectivity index (χ4v) is 7.20. The predicted molar refractivity (Wildman–Crippen MR) is 119 cm³/mol. The second-order valence-corrected chi connectivity index (χ2v) is 10.8. The van der Waals surface area contributed by atoms with Crippen molar-refractivity contribution in [3.8, 4) is 0 Å². The number of aliphatic hydroxyl groups is 1. The molecule has 0 bridgehead atoms. The van der Waals surface area contributed by atoms with Gasteiger partial charge in [-0.1, -0.05) is 25.8 Å². The monoisotopic (exact) mass is 435 g/mol. The van der Waals surface area contributed by atoms with Crippen LogP contribution in [0.25, 0.3) is 0 Å². The van der Waals surface area contributed by atoms with Crippen LogP contribution in [0, 0.1) is 34.5 Å². The van der Waals surface area contributed by atoms with E-state index in [0.717, 1.165) is 37.7 Å². The van der Waals surface area contributed by atoms with Crippen LogP contribution in [-0.2, 0) is 19.1 Å². The molecular formula is C25H41NO5. The molecule has 0 unspecified atom stereocenters. The molecule has 0 amide bonds. The molecule has 6 nitrogen and oxygen atoms in total. The number of hydrogen-bond acceptors (Lipinski definition) is 6. The molecule has 31 heavy (non-hydrogen) atoms. The molecular weight excluding hydrogens is 394 g/mol. The van der Waals surface area contributed by atoms with E-state index in [4.69, 9.17) is 9.47 Å². The van der Waals surface area contributed by atoms with Crippen LogP contribution < -0.4 is 0 Å². The number of carbonyl (C=O) groups excluding carboxylic acids is 2. The van der Waals surface area contributed by atoms with Crippen molar-refractivity contribution in [1.82, 2.24) is 4.90 Å². The second kappa shape index (κ2) is 9.22. The van der Waals surface area contributed by atoms with E-state index in [1.54, 1.807) is 6.08 Å². The van der Waals surface area contributed by atoms with Gasteiger partial charge in [-0.05, 0) is 82.2 Å². The molecule has 0 aliphatic heterocycles. The predicted octanol–water partition coefficient (Wildman–Crippen LogP) is 3.43. The molecule has 3 fully saturated rings. The number of methoxy groups -OCH3 is 1. The standard InChI is InChI=1S/C25H41NO5/c1-16-17(14-21(28)31-13-12-26(4)5)8-9-18-22(16)19(27)15-20-24(18,2)10-7-11-25(20,3)23(29)30-6/h14,16,18-20,22,27H,7-13,15H2,1-6H3/t16-,18-,19-,20+,22-,24+,25-/m0/s1. The Balaban J connectivity index is 1.80. The molecule has 0 aromatic heterocycles. The van der Waals surface area contributed by atoms with Crippen molar-refractivity contribution in [1.29, 1.82) is 0 Å². The quantitative estimate of drug-likeness (QED) is 0.527. The van der Waals surface area contributed by atoms with E-state index in [1.165, 1.54) is 7.11 Å². The SMILES string of the molecule is COC(=O)[C@@]1(C)CCC[C@@]2(C)[C@H]1C[C@H](O)[C@H]1[C@@H](C)C(=CC(=O)OCCN(C)C)CC[C@@H]12. The van der Waals surface area contributed by atoms with E-state index in [0.29, 0.717) is 25.5 Å². The molecule has 176 valence electrons. The van der Waals surface area contributed by atoms with E-state index in [9.17, 15) is 14.7 Å². The fraction of sp³-hybridized carbons (Fsp3) is 0.840. The lowest BCUT2D eigenvalue weighted by atomic mass is 9.42. The molecule has 0 radical (unpaired) electrons. The summed E-state index contributed by atoms with van der Waals surface area (Å²) in [7, 11) is 5.37. The molecule has 6 heteroatoms. The number of likely N-dealkylation sites (N-methyl/N-ethyl adjacent to an activating group) is 1. The third-order valence-electron chi connectivity index (χ3n) is 8.85. The lowest BCUT2D eigenvalue weighted by Crippen LogP contribution is -2.60. The molecule has 1 N–H and O–H groups in total. The smallest absolute Gasteiger partial charge is 0.330 e. The van der Waals surface area contributed by atoms with Crippen molar-refractivity contribution in [2.75, 3.05) is 34.4 Å². The average molecular weight is 436 g/mol. The minimum atomic E-state index is -0.538. The van der Waals surface area contributed by atoms with Crippen LogP contribution in [0.5, 0.6) is 0 Å². The van der Waals surface area contributed by atoms with Crippen LogP contribution in [0.2, 0.25) is 0 Å². The topological polar surface area (TPSA) is 76.1 Å². The largest absolute Gasteiger partial charge is 0.469 e. The molecule has 3 aliphatic rings. The van der Waals surface area contributed by atoms with Crippen molar-refractivity contribution in [2.45, 2.75) is 65.4 Å². The Morgan fingerprint density at radius 1 is 1.26 bits per heavy atom. The van der Waals surface area contributed by atoms with Gasteiger partial charge in [0, 0.05) is 12.6 Å². The number of hydrogen-bond donors (Lipinski definition) is 1. The zero-order valence-electron chi connectivity index (χ0n) is 20.1. The molecule has 0 saturated heterocycles. The zero-order chi connectivity index (χ0) is 23.0. The molecule has 0 aromatic carbocycles. The van der Waals surface area contributed by atoms with Crippen LogP contribution in [0.1, 0.15) is 59.3 Å². The second-order valence-electron chi connectivity index (χ2n) is 10.8. The number of allylic oxidation sites excluding steroid dienone is 1. The fourth-order valence-electron chi connectivity index (χ4n) is 7.20. The van der Waals surface area contributed by atoms with Gasteiger partial charge in [0.25, 0.3) is 0 Å². The summed E-state index contributed by atoms with van der Waals surface area (Å²) < 4.78 is 10.6. The number of aliphatic hydroxyl groups excluding tert-OH is 1. The minimum absolute atomic E-state index is 0.00288. The van der Waals surface area contributed by atoms with Crippen LogP contribution in [0.4, 0.5) is 0 Å². The summed E-state index contributed by atoms with van der Waals surface area (Å²) in [5.41, 5.74) is 0.546. The van der Waals surface area contributed by atoms with Crippen molar-refractivity contribution in [2.24, 2.45) is 34.5 Å². The summed E-state index contributed by atoms with van der Waals surface area (Å²) in [5, 5.41) is 11.3. The first-order chi connectivity index (χ1) is 14.5. The first-order valence-corrected chi connectivity index (χ1v) is 11.8. The number of ether oxygens (including phenoxy) is 2. The first kappa shape index (κ1) is 24.2. The van der Waals surface area contributed by atoms with E-state index in [1.807, 2.05) is 25.9 Å². The molecule has 3 saturated carbocycles. The van der Waals surface area contributed by atoms with Crippen LogP contribution in [-0.4, -0.2) is 62.4 Å². The highest BCUT2D eigenvalue weighted by molar-refractivity contribution is 5.83. The van der Waals surface area contributed by atoms with E-state index >= 15 is 0 Å². The van der Waals surface area contributed by atoms with Gasteiger partial charge in [0.1, 0.15) is 6.61 Å². The van der Waals surface area contributed by atoms with Gasteiger partial charge in [-0.3, -0.25) is 4.79 Å². The van der Waals surface area contributed by atoms with Gasteiger partial charge in [0.15, 0.2) is 0 Å². The van der Waals surface area contributed by atoms with Gasteiger partial charge < -0.3 is 19.5 Å². The van der Waals surface area contributed by atoms with Crippen molar-refractivity contribution >= 4 is 11.9 Å². The minimum Gasteiger partial charge on any atom is -0.469 e. The Morgan fingerprint density at radius 3 is 2.61 bits per heavy atom. The molecule has 3 aliphatic carbocycles. The van der Waals surface area contributed by atoms with Gasteiger partial charge in [-0.2, -0.15) is 0 Å². The third-order valence-corrected chi connectivity index (χ3v) is 8.85. The number of esters is 2. The Bertz CT molecular complexity index is 719. The van der Waals surface area contributed by atoms with Crippen molar-refractivity contribution in [3.63, 3.8) is 0 Å². The van der Waals surface area contributed by atoms with E-state index < -0.39 is 11.5 Å². The maximum absolute atomic E-state index is 12.8. The first-order valence-electron chi connectivity index (χ1n) is 11.8. The van der Waals surface area contributed by atoms with Crippen molar-refractivity contribution < 1.29 is 24.2 Å². The van der Waals surface area contributed by atoms with Crippen LogP contribution >= 0.6 is 0 Å². The summed E-state index contributed by atoms with van der Waals surface area (Å²) in [5.74, 6) is 0.259. The molecule has 3 rings (SSSR count). The number of fused-ring (bicyclic) bond motifs is 3. The number of carbonyl (C=O) groups is 2. The summed E-state index contributed by atoms with van der Waals surface area (Å²) >= 11 is 0.